The summed E-state index contributed by atoms with van der Waals surface area (Å²) in [5.41, 5.74) is 1.63. The van der Waals surface area contributed by atoms with E-state index in [0.29, 0.717) is 10.3 Å². The standard InChI is InChI=1S/C13H12BrF3N2O/c1-8(2)11-7-12(14)18-19(11)9-3-5-10(6-4-9)20-13(15,16)17/h3-8H,1-2H3. The molecular formula is C13H12BrF3N2O. The molecule has 0 N–H and O–H groups in total. The van der Waals surface area contributed by atoms with E-state index >= 15 is 0 Å². The Bertz CT molecular complexity index is 591. The molecule has 7 heteroatoms. The third kappa shape index (κ3) is 3.53. The van der Waals surface area contributed by atoms with Crippen LogP contribution < -0.4 is 4.74 Å². The highest BCUT2D eigenvalue weighted by Gasteiger charge is 2.31. The van der Waals surface area contributed by atoms with Gasteiger partial charge in [0.05, 0.1) is 5.69 Å². The zero-order valence-corrected chi connectivity index (χ0v) is 12.4. The Balaban J connectivity index is 2.31. The number of alkyl halides is 3. The molecule has 2 aromatic rings. The Labute approximate surface area is 122 Å². The number of ether oxygens (including phenoxy) is 1. The van der Waals surface area contributed by atoms with Crippen molar-refractivity contribution in [1.82, 2.24) is 9.78 Å². The van der Waals surface area contributed by atoms with Crippen LogP contribution in [0.4, 0.5) is 13.2 Å². The monoisotopic (exact) mass is 348 g/mol. The average molecular weight is 349 g/mol. The Kier molecular flexibility index (Phi) is 4.08. The van der Waals surface area contributed by atoms with E-state index in [1.54, 1.807) is 4.68 Å². The fourth-order valence-electron chi connectivity index (χ4n) is 1.77. The lowest BCUT2D eigenvalue weighted by Gasteiger charge is -2.12. The molecule has 2 rings (SSSR count). The number of benzene rings is 1. The lowest BCUT2D eigenvalue weighted by atomic mass is 10.1. The molecule has 0 aliphatic carbocycles. The van der Waals surface area contributed by atoms with Crippen molar-refractivity contribution in [3.63, 3.8) is 0 Å². The van der Waals surface area contributed by atoms with Gasteiger partial charge < -0.3 is 4.74 Å². The second-order valence-corrected chi connectivity index (χ2v) is 5.31. The topological polar surface area (TPSA) is 27.1 Å². The predicted octanol–water partition coefficient (Wildman–Crippen LogP) is 4.66. The van der Waals surface area contributed by atoms with Crippen molar-refractivity contribution < 1.29 is 17.9 Å². The van der Waals surface area contributed by atoms with E-state index < -0.39 is 6.36 Å². The predicted molar refractivity (Wildman–Crippen MR) is 72.0 cm³/mol. The zero-order valence-electron chi connectivity index (χ0n) is 10.8. The van der Waals surface area contributed by atoms with Gasteiger partial charge in [-0.25, -0.2) is 4.68 Å². The van der Waals surface area contributed by atoms with Crippen LogP contribution in [0.25, 0.3) is 5.69 Å². The molecule has 1 aromatic heterocycles. The van der Waals surface area contributed by atoms with E-state index in [2.05, 4.69) is 25.8 Å². The molecule has 0 aliphatic heterocycles. The smallest absolute Gasteiger partial charge is 0.406 e. The molecule has 108 valence electrons. The van der Waals surface area contributed by atoms with Crippen LogP contribution in [0.15, 0.2) is 34.9 Å². The van der Waals surface area contributed by atoms with Gasteiger partial charge in [-0.3, -0.25) is 0 Å². The van der Waals surface area contributed by atoms with Crippen LogP contribution in [0.3, 0.4) is 0 Å². The number of nitrogens with zero attached hydrogens (tertiary/aromatic N) is 2. The molecule has 0 fully saturated rings. The molecule has 0 unspecified atom stereocenters. The van der Waals surface area contributed by atoms with Gasteiger partial charge in [-0.1, -0.05) is 13.8 Å². The molecule has 1 heterocycles. The van der Waals surface area contributed by atoms with Gasteiger partial charge in [-0.2, -0.15) is 5.10 Å². The molecule has 0 aliphatic rings. The molecular weight excluding hydrogens is 337 g/mol. The van der Waals surface area contributed by atoms with E-state index in [1.807, 2.05) is 19.9 Å². The van der Waals surface area contributed by atoms with Gasteiger partial charge in [-0.05, 0) is 52.2 Å². The lowest BCUT2D eigenvalue weighted by Crippen LogP contribution is -2.17. The zero-order chi connectivity index (χ0) is 14.9. The van der Waals surface area contributed by atoms with E-state index in [9.17, 15) is 13.2 Å². The van der Waals surface area contributed by atoms with Crippen LogP contribution in [0.5, 0.6) is 5.75 Å². The highest BCUT2D eigenvalue weighted by atomic mass is 79.9. The first-order valence-corrected chi connectivity index (χ1v) is 6.67. The van der Waals surface area contributed by atoms with Gasteiger partial charge in [0.15, 0.2) is 0 Å². The Morgan fingerprint density at radius 2 is 1.80 bits per heavy atom. The van der Waals surface area contributed by atoms with Crippen LogP contribution >= 0.6 is 15.9 Å². The molecule has 0 saturated carbocycles. The Hall–Kier alpha value is -1.50. The number of halogens is 4. The van der Waals surface area contributed by atoms with Gasteiger partial charge in [0, 0.05) is 5.69 Å². The largest absolute Gasteiger partial charge is 0.573 e. The van der Waals surface area contributed by atoms with Gasteiger partial charge in [0.2, 0.25) is 0 Å². The van der Waals surface area contributed by atoms with E-state index in [1.165, 1.54) is 24.3 Å². The van der Waals surface area contributed by atoms with Gasteiger partial charge in [0.1, 0.15) is 10.4 Å². The molecule has 0 spiro atoms. The number of aromatic nitrogens is 2. The second kappa shape index (κ2) is 5.47. The second-order valence-electron chi connectivity index (χ2n) is 4.50. The third-order valence-electron chi connectivity index (χ3n) is 2.61. The van der Waals surface area contributed by atoms with Gasteiger partial charge in [-0.15, -0.1) is 13.2 Å². The fourth-order valence-corrected chi connectivity index (χ4v) is 2.17. The summed E-state index contributed by atoms with van der Waals surface area (Å²) in [6.45, 7) is 4.03. The first kappa shape index (κ1) is 14.9. The van der Waals surface area contributed by atoms with Crippen LogP contribution in [-0.4, -0.2) is 16.1 Å². The summed E-state index contributed by atoms with van der Waals surface area (Å²) in [5.74, 6) is -0.0153. The number of hydrogen-bond donors (Lipinski definition) is 0. The molecule has 3 nitrogen and oxygen atoms in total. The van der Waals surface area contributed by atoms with Crippen LogP contribution in [-0.2, 0) is 0 Å². The first-order chi connectivity index (χ1) is 9.26. The minimum Gasteiger partial charge on any atom is -0.406 e. The minimum absolute atomic E-state index is 0.236. The van der Waals surface area contributed by atoms with Crippen molar-refractivity contribution in [3.05, 3.63) is 40.6 Å². The average Bonchev–Trinajstić information content (AvgIpc) is 2.70. The third-order valence-corrected chi connectivity index (χ3v) is 3.00. The van der Waals surface area contributed by atoms with Crippen molar-refractivity contribution >= 4 is 15.9 Å². The highest BCUT2D eigenvalue weighted by molar-refractivity contribution is 9.10. The molecule has 20 heavy (non-hydrogen) atoms. The van der Waals surface area contributed by atoms with Crippen molar-refractivity contribution in [2.45, 2.75) is 26.1 Å². The molecule has 0 amide bonds. The van der Waals surface area contributed by atoms with Crippen molar-refractivity contribution in [3.8, 4) is 11.4 Å². The lowest BCUT2D eigenvalue weighted by molar-refractivity contribution is -0.274. The maximum atomic E-state index is 12.1. The molecule has 0 bridgehead atoms. The van der Waals surface area contributed by atoms with E-state index in [4.69, 9.17) is 0 Å². The molecule has 0 saturated heterocycles. The van der Waals surface area contributed by atoms with Crippen molar-refractivity contribution in [2.24, 2.45) is 0 Å². The first-order valence-electron chi connectivity index (χ1n) is 5.88. The molecule has 0 radical (unpaired) electrons. The van der Waals surface area contributed by atoms with E-state index in [-0.39, 0.29) is 11.7 Å². The van der Waals surface area contributed by atoms with E-state index in [0.717, 1.165) is 5.69 Å². The van der Waals surface area contributed by atoms with Crippen molar-refractivity contribution in [2.75, 3.05) is 0 Å². The van der Waals surface area contributed by atoms with Crippen molar-refractivity contribution in [1.29, 1.82) is 0 Å². The van der Waals surface area contributed by atoms with Crippen LogP contribution in [0.1, 0.15) is 25.5 Å². The Morgan fingerprint density at radius 3 is 2.30 bits per heavy atom. The van der Waals surface area contributed by atoms with Crippen LogP contribution in [0.2, 0.25) is 0 Å². The molecule has 0 atom stereocenters. The number of hydrogen-bond acceptors (Lipinski definition) is 2. The normalized spacial score (nSPS) is 11.9. The van der Waals surface area contributed by atoms with Crippen LogP contribution in [0, 0.1) is 0 Å². The maximum Gasteiger partial charge on any atom is 0.573 e. The quantitative estimate of drug-likeness (QED) is 0.806. The SMILES string of the molecule is CC(C)c1cc(Br)nn1-c1ccc(OC(F)(F)F)cc1. The number of rotatable bonds is 3. The fraction of sp³-hybridized carbons (Fsp3) is 0.308. The summed E-state index contributed by atoms with van der Waals surface area (Å²) in [6, 6.07) is 7.48. The maximum absolute atomic E-state index is 12.1. The summed E-state index contributed by atoms with van der Waals surface area (Å²) in [4.78, 5) is 0. The summed E-state index contributed by atoms with van der Waals surface area (Å²) in [6.07, 6.45) is -4.68. The summed E-state index contributed by atoms with van der Waals surface area (Å²) in [7, 11) is 0. The highest BCUT2D eigenvalue weighted by Crippen LogP contribution is 2.26. The molecule has 1 aromatic carbocycles. The Morgan fingerprint density at radius 1 is 1.20 bits per heavy atom. The summed E-state index contributed by atoms with van der Waals surface area (Å²) in [5, 5.41) is 4.28. The summed E-state index contributed by atoms with van der Waals surface area (Å²) < 4.78 is 42.5. The minimum atomic E-state index is -4.68. The summed E-state index contributed by atoms with van der Waals surface area (Å²) >= 11 is 3.30. The van der Waals surface area contributed by atoms with Gasteiger partial charge in [0.25, 0.3) is 0 Å². The van der Waals surface area contributed by atoms with Gasteiger partial charge >= 0.3 is 6.36 Å².